The molecule has 1 fully saturated rings. The second-order valence-corrected chi connectivity index (χ2v) is 5.42. The van der Waals surface area contributed by atoms with Gasteiger partial charge in [-0.3, -0.25) is 9.69 Å². The first-order chi connectivity index (χ1) is 9.47. The van der Waals surface area contributed by atoms with Gasteiger partial charge < -0.3 is 5.11 Å². The maximum absolute atomic E-state index is 13.8. The average Bonchev–Trinajstić information content (AvgIpc) is 2.87. The number of rotatable bonds is 5. The van der Waals surface area contributed by atoms with Gasteiger partial charge in [0.25, 0.3) is 0 Å². The van der Waals surface area contributed by atoms with Crippen LogP contribution in [0.4, 0.5) is 8.78 Å². The van der Waals surface area contributed by atoms with E-state index in [9.17, 15) is 13.6 Å². The van der Waals surface area contributed by atoms with Gasteiger partial charge in [-0.1, -0.05) is 0 Å². The lowest BCUT2D eigenvalue weighted by Crippen LogP contribution is -2.25. The number of likely N-dealkylation sites (tertiary alicyclic amines) is 1. The molecular formula is C15H19F2NO2. The van der Waals surface area contributed by atoms with Crippen LogP contribution in [-0.4, -0.2) is 29.1 Å². The van der Waals surface area contributed by atoms with Gasteiger partial charge in [0, 0.05) is 24.6 Å². The minimum Gasteiger partial charge on any atom is -0.481 e. The molecule has 3 nitrogen and oxygen atoms in total. The maximum Gasteiger partial charge on any atom is 0.303 e. The number of carboxylic acid groups (broad SMARTS) is 1. The summed E-state index contributed by atoms with van der Waals surface area (Å²) in [5, 5.41) is 8.69. The van der Waals surface area contributed by atoms with E-state index >= 15 is 0 Å². The lowest BCUT2D eigenvalue weighted by atomic mass is 10.0. The highest BCUT2D eigenvalue weighted by Gasteiger charge is 2.28. The van der Waals surface area contributed by atoms with Crippen molar-refractivity contribution in [2.24, 2.45) is 5.92 Å². The van der Waals surface area contributed by atoms with Crippen LogP contribution in [0.15, 0.2) is 18.2 Å². The molecule has 2 atom stereocenters. The van der Waals surface area contributed by atoms with Gasteiger partial charge in [0.15, 0.2) is 0 Å². The van der Waals surface area contributed by atoms with Crippen molar-refractivity contribution in [2.75, 3.05) is 13.1 Å². The van der Waals surface area contributed by atoms with Crippen LogP contribution < -0.4 is 0 Å². The largest absolute Gasteiger partial charge is 0.481 e. The van der Waals surface area contributed by atoms with Crippen LogP contribution in [0.2, 0.25) is 0 Å². The monoisotopic (exact) mass is 283 g/mol. The number of halogens is 2. The highest BCUT2D eigenvalue weighted by molar-refractivity contribution is 5.66. The van der Waals surface area contributed by atoms with Gasteiger partial charge >= 0.3 is 5.97 Å². The van der Waals surface area contributed by atoms with E-state index in [4.69, 9.17) is 5.11 Å². The van der Waals surface area contributed by atoms with E-state index < -0.39 is 17.6 Å². The van der Waals surface area contributed by atoms with Crippen molar-refractivity contribution in [1.82, 2.24) is 4.90 Å². The molecule has 1 saturated heterocycles. The number of benzene rings is 1. The van der Waals surface area contributed by atoms with Gasteiger partial charge in [-0.25, -0.2) is 8.78 Å². The summed E-state index contributed by atoms with van der Waals surface area (Å²) in [5.41, 5.74) is 0.365. The van der Waals surface area contributed by atoms with E-state index in [-0.39, 0.29) is 12.5 Å². The molecule has 1 N–H and O–H groups in total. The maximum atomic E-state index is 13.8. The standard InChI is InChI=1S/C15H19F2NO2/c1-10(13-8-12(16)3-4-14(13)17)18-7-6-11(9-18)2-5-15(19)20/h3-4,8,10-11H,2,5-7,9H2,1H3,(H,19,20). The van der Waals surface area contributed by atoms with E-state index in [1.54, 1.807) is 0 Å². The van der Waals surface area contributed by atoms with Crippen molar-refractivity contribution >= 4 is 5.97 Å². The normalized spacial score (nSPS) is 21.1. The first kappa shape index (κ1) is 14.9. The van der Waals surface area contributed by atoms with Crippen LogP contribution in [0.25, 0.3) is 0 Å². The Morgan fingerprint density at radius 3 is 2.95 bits per heavy atom. The molecule has 0 saturated carbocycles. The second kappa shape index (κ2) is 6.31. The second-order valence-electron chi connectivity index (χ2n) is 5.42. The summed E-state index contributed by atoms with van der Waals surface area (Å²) in [4.78, 5) is 12.7. The number of aliphatic carboxylic acids is 1. The molecule has 0 bridgehead atoms. The first-order valence-corrected chi connectivity index (χ1v) is 6.88. The van der Waals surface area contributed by atoms with Crippen LogP contribution in [0.1, 0.15) is 37.8 Å². The number of carbonyl (C=O) groups is 1. The minimum absolute atomic E-state index is 0.168. The summed E-state index contributed by atoms with van der Waals surface area (Å²) in [7, 11) is 0. The molecule has 0 radical (unpaired) electrons. The highest BCUT2D eigenvalue weighted by Crippen LogP contribution is 2.30. The number of carboxylic acids is 1. The number of nitrogens with zero attached hydrogens (tertiary/aromatic N) is 1. The van der Waals surface area contributed by atoms with Crippen molar-refractivity contribution in [3.63, 3.8) is 0 Å². The Morgan fingerprint density at radius 1 is 1.50 bits per heavy atom. The molecule has 0 aromatic heterocycles. The third kappa shape index (κ3) is 3.54. The lowest BCUT2D eigenvalue weighted by molar-refractivity contribution is -0.137. The molecule has 20 heavy (non-hydrogen) atoms. The van der Waals surface area contributed by atoms with Gasteiger partial charge in [-0.2, -0.15) is 0 Å². The highest BCUT2D eigenvalue weighted by atomic mass is 19.1. The third-order valence-corrected chi connectivity index (χ3v) is 4.04. The quantitative estimate of drug-likeness (QED) is 0.902. The SMILES string of the molecule is CC(c1cc(F)ccc1F)N1CCC(CCC(=O)O)C1. The zero-order valence-corrected chi connectivity index (χ0v) is 11.5. The van der Waals surface area contributed by atoms with Gasteiger partial charge in [0.1, 0.15) is 11.6 Å². The summed E-state index contributed by atoms with van der Waals surface area (Å²) in [5.74, 6) is -1.29. The Bertz CT molecular complexity index is 493. The third-order valence-electron chi connectivity index (χ3n) is 4.04. The molecule has 0 aliphatic carbocycles. The Balaban J connectivity index is 1.98. The fourth-order valence-electron chi connectivity index (χ4n) is 2.81. The van der Waals surface area contributed by atoms with E-state index in [0.717, 1.165) is 31.6 Å². The van der Waals surface area contributed by atoms with Crippen LogP contribution in [0.5, 0.6) is 0 Å². The van der Waals surface area contributed by atoms with Crippen molar-refractivity contribution in [1.29, 1.82) is 0 Å². The van der Waals surface area contributed by atoms with Crippen LogP contribution in [0, 0.1) is 17.6 Å². The van der Waals surface area contributed by atoms with E-state index in [1.807, 2.05) is 6.92 Å². The topological polar surface area (TPSA) is 40.5 Å². The summed E-state index contributed by atoms with van der Waals surface area (Å²) < 4.78 is 27.0. The molecule has 1 aromatic rings. The van der Waals surface area contributed by atoms with Crippen molar-refractivity contribution < 1.29 is 18.7 Å². The molecule has 1 aliphatic heterocycles. The summed E-state index contributed by atoms with van der Waals surface area (Å²) in [6.07, 6.45) is 1.72. The molecule has 1 heterocycles. The smallest absolute Gasteiger partial charge is 0.303 e. The van der Waals surface area contributed by atoms with Crippen LogP contribution >= 0.6 is 0 Å². The predicted octanol–water partition coefficient (Wildman–Crippen LogP) is 3.21. The molecule has 1 aromatic carbocycles. The van der Waals surface area contributed by atoms with E-state index in [0.29, 0.717) is 17.9 Å². The Kier molecular flexibility index (Phi) is 4.70. The first-order valence-electron chi connectivity index (χ1n) is 6.88. The average molecular weight is 283 g/mol. The van der Waals surface area contributed by atoms with Crippen molar-refractivity contribution in [3.05, 3.63) is 35.4 Å². The number of hydrogen-bond acceptors (Lipinski definition) is 2. The molecule has 2 unspecified atom stereocenters. The molecule has 0 spiro atoms. The molecule has 1 aliphatic rings. The Hall–Kier alpha value is -1.49. The molecule has 110 valence electrons. The lowest BCUT2D eigenvalue weighted by Gasteiger charge is -2.25. The molecular weight excluding hydrogens is 264 g/mol. The fourth-order valence-corrected chi connectivity index (χ4v) is 2.81. The van der Waals surface area contributed by atoms with Crippen molar-refractivity contribution in [2.45, 2.75) is 32.2 Å². The van der Waals surface area contributed by atoms with Gasteiger partial charge in [0.2, 0.25) is 0 Å². The minimum atomic E-state index is -0.785. The zero-order chi connectivity index (χ0) is 14.7. The van der Waals surface area contributed by atoms with Gasteiger partial charge in [0.05, 0.1) is 0 Å². The zero-order valence-electron chi connectivity index (χ0n) is 11.5. The van der Waals surface area contributed by atoms with Crippen LogP contribution in [0.3, 0.4) is 0 Å². The molecule has 5 heteroatoms. The summed E-state index contributed by atoms with van der Waals surface area (Å²) in [6.45, 7) is 3.39. The fraction of sp³-hybridized carbons (Fsp3) is 0.533. The van der Waals surface area contributed by atoms with Gasteiger partial charge in [-0.05, 0) is 50.4 Å². The summed E-state index contributed by atoms with van der Waals surface area (Å²) in [6, 6.07) is 3.31. The number of hydrogen-bond donors (Lipinski definition) is 1. The van der Waals surface area contributed by atoms with Crippen LogP contribution in [-0.2, 0) is 4.79 Å². The molecule has 2 rings (SSSR count). The summed E-state index contributed by atoms with van der Waals surface area (Å²) >= 11 is 0. The van der Waals surface area contributed by atoms with Crippen molar-refractivity contribution in [3.8, 4) is 0 Å². The van der Waals surface area contributed by atoms with Gasteiger partial charge in [-0.15, -0.1) is 0 Å². The Labute approximate surface area is 117 Å². The molecule has 0 amide bonds. The van der Waals surface area contributed by atoms with E-state index in [1.165, 1.54) is 6.07 Å². The predicted molar refractivity (Wildman–Crippen MR) is 71.3 cm³/mol. The van der Waals surface area contributed by atoms with E-state index in [2.05, 4.69) is 4.90 Å². The Morgan fingerprint density at radius 2 is 2.25 bits per heavy atom.